The van der Waals surface area contributed by atoms with Crippen molar-refractivity contribution in [3.05, 3.63) is 36.3 Å². The van der Waals surface area contributed by atoms with Crippen LogP contribution < -0.4 is 4.90 Å². The molecule has 2 heterocycles. The summed E-state index contributed by atoms with van der Waals surface area (Å²) in [6.07, 6.45) is 11.1. The lowest BCUT2D eigenvalue weighted by molar-refractivity contribution is -0.138. The van der Waals surface area contributed by atoms with Crippen molar-refractivity contribution >= 4 is 11.7 Å². The third-order valence-electron chi connectivity index (χ3n) is 4.83. The molecule has 1 saturated heterocycles. The molecule has 1 aliphatic carbocycles. The molecule has 136 valence electrons. The van der Waals surface area contributed by atoms with Gasteiger partial charge in [0.1, 0.15) is 18.2 Å². The van der Waals surface area contributed by atoms with Gasteiger partial charge < -0.3 is 14.5 Å². The first kappa shape index (κ1) is 17.9. The van der Waals surface area contributed by atoms with Crippen molar-refractivity contribution in [2.24, 2.45) is 0 Å². The lowest BCUT2D eigenvalue weighted by atomic mass is 10.0. The maximum absolute atomic E-state index is 13.0. The summed E-state index contributed by atoms with van der Waals surface area (Å²) in [7, 11) is 0. The first-order valence-corrected chi connectivity index (χ1v) is 9.13. The number of carbonyl (C=O) groups is 1. The predicted octanol–water partition coefficient (Wildman–Crippen LogP) is 2.77. The second-order valence-corrected chi connectivity index (χ2v) is 6.62. The predicted molar refractivity (Wildman–Crippen MR) is 95.0 cm³/mol. The Kier molecular flexibility index (Phi) is 6.39. The van der Waals surface area contributed by atoms with Gasteiger partial charge in [-0.1, -0.05) is 12.2 Å². The Morgan fingerprint density at radius 2 is 1.96 bits per heavy atom. The van der Waals surface area contributed by atoms with Crippen LogP contribution >= 0.6 is 0 Å². The fourth-order valence-corrected chi connectivity index (χ4v) is 3.31. The fourth-order valence-electron chi connectivity index (χ4n) is 3.31. The summed E-state index contributed by atoms with van der Waals surface area (Å²) in [4.78, 5) is 20.4. The number of carbonyl (C=O) groups excluding carboxylic acids is 1. The van der Waals surface area contributed by atoms with Crippen LogP contribution in [0.25, 0.3) is 0 Å². The molecule has 1 amide bonds. The topological polar surface area (TPSA) is 45.7 Å². The summed E-state index contributed by atoms with van der Waals surface area (Å²) >= 11 is 0. The molecule has 1 aromatic heterocycles. The minimum absolute atomic E-state index is 0.0596. The van der Waals surface area contributed by atoms with E-state index in [1.165, 1.54) is 12.3 Å². The summed E-state index contributed by atoms with van der Waals surface area (Å²) in [5.41, 5.74) is 0. The first-order valence-electron chi connectivity index (χ1n) is 9.13. The number of nitrogens with zero attached hydrogens (tertiary/aromatic N) is 3. The summed E-state index contributed by atoms with van der Waals surface area (Å²) < 4.78 is 18.8. The monoisotopic (exact) mass is 347 g/mol. The minimum atomic E-state index is -0.334. The van der Waals surface area contributed by atoms with Gasteiger partial charge in [-0.3, -0.25) is 4.79 Å². The van der Waals surface area contributed by atoms with Crippen LogP contribution in [0.2, 0.25) is 0 Å². The zero-order valence-corrected chi connectivity index (χ0v) is 14.6. The van der Waals surface area contributed by atoms with Crippen LogP contribution in [0, 0.1) is 5.82 Å². The Balaban J connectivity index is 1.42. The van der Waals surface area contributed by atoms with E-state index >= 15 is 0 Å². The normalized spacial score (nSPS) is 23.0. The molecule has 1 unspecified atom stereocenters. The number of aromatic nitrogens is 1. The highest BCUT2D eigenvalue weighted by atomic mass is 19.1. The third kappa shape index (κ3) is 5.26. The molecule has 0 N–H and O–H groups in total. The molecule has 0 bridgehead atoms. The molecule has 1 atom stereocenters. The molecule has 0 radical (unpaired) electrons. The molecule has 2 aliphatic rings. The van der Waals surface area contributed by atoms with Gasteiger partial charge in [-0.2, -0.15) is 0 Å². The second kappa shape index (κ2) is 8.94. The van der Waals surface area contributed by atoms with Crippen LogP contribution in [-0.4, -0.2) is 54.7 Å². The number of amides is 1. The van der Waals surface area contributed by atoms with E-state index in [1.54, 1.807) is 6.07 Å². The summed E-state index contributed by atoms with van der Waals surface area (Å²) in [5.74, 6) is 0.482. The number of anilines is 1. The Labute approximate surface area is 148 Å². The van der Waals surface area contributed by atoms with Crippen LogP contribution in [0.15, 0.2) is 30.5 Å². The van der Waals surface area contributed by atoms with E-state index in [0.29, 0.717) is 26.2 Å². The molecule has 0 aromatic carbocycles. The van der Waals surface area contributed by atoms with Gasteiger partial charge in [-0.25, -0.2) is 9.37 Å². The van der Waals surface area contributed by atoms with Crippen LogP contribution in [-0.2, 0) is 9.53 Å². The lowest BCUT2D eigenvalue weighted by Crippen LogP contribution is -2.50. The van der Waals surface area contributed by atoms with Crippen molar-refractivity contribution in [1.29, 1.82) is 0 Å². The standard InChI is InChI=1S/C19H26FN3O2/c20-16-8-9-18(21-14-16)22-10-12-23(13-11-22)19(24)15-25-17-6-4-2-1-3-5-7-17/h1-2,8-9,14,17H,3-7,10-13,15H2/b2-1-. The van der Waals surface area contributed by atoms with Gasteiger partial charge >= 0.3 is 0 Å². The number of piperazine rings is 1. The van der Waals surface area contributed by atoms with E-state index in [2.05, 4.69) is 22.0 Å². The molecule has 0 saturated carbocycles. The van der Waals surface area contributed by atoms with E-state index in [4.69, 9.17) is 4.74 Å². The molecule has 1 fully saturated rings. The summed E-state index contributed by atoms with van der Waals surface area (Å²) in [6.45, 7) is 2.88. The maximum Gasteiger partial charge on any atom is 0.248 e. The molecule has 5 nitrogen and oxygen atoms in total. The molecule has 1 aromatic rings. The highest BCUT2D eigenvalue weighted by Crippen LogP contribution is 2.17. The van der Waals surface area contributed by atoms with E-state index in [-0.39, 0.29) is 24.4 Å². The van der Waals surface area contributed by atoms with Gasteiger partial charge in [-0.15, -0.1) is 0 Å². The molecule has 0 spiro atoms. The maximum atomic E-state index is 13.0. The lowest BCUT2D eigenvalue weighted by Gasteiger charge is -2.35. The molecule has 25 heavy (non-hydrogen) atoms. The summed E-state index contributed by atoms with van der Waals surface area (Å²) in [6, 6.07) is 3.09. The quantitative estimate of drug-likeness (QED) is 0.786. The Morgan fingerprint density at radius 3 is 2.72 bits per heavy atom. The SMILES string of the molecule is O=C(COC1CC/C=C\CCC1)N1CCN(c2ccc(F)cn2)CC1. The number of hydrogen-bond donors (Lipinski definition) is 0. The van der Waals surface area contributed by atoms with Crippen LogP contribution in [0.5, 0.6) is 0 Å². The van der Waals surface area contributed by atoms with Gasteiger partial charge in [0, 0.05) is 26.2 Å². The highest BCUT2D eigenvalue weighted by Gasteiger charge is 2.23. The fraction of sp³-hybridized carbons (Fsp3) is 0.579. The molecule has 1 aliphatic heterocycles. The number of halogens is 1. The number of pyridine rings is 1. The van der Waals surface area contributed by atoms with E-state index in [0.717, 1.165) is 37.9 Å². The van der Waals surface area contributed by atoms with Crippen molar-refractivity contribution in [1.82, 2.24) is 9.88 Å². The average molecular weight is 347 g/mol. The molecule has 3 rings (SSSR count). The highest BCUT2D eigenvalue weighted by molar-refractivity contribution is 5.77. The zero-order chi connectivity index (χ0) is 17.5. The minimum Gasteiger partial charge on any atom is -0.368 e. The van der Waals surface area contributed by atoms with E-state index in [1.807, 2.05) is 4.90 Å². The number of allylic oxidation sites excluding steroid dienone is 2. The summed E-state index contributed by atoms with van der Waals surface area (Å²) in [5, 5.41) is 0. The van der Waals surface area contributed by atoms with Crippen molar-refractivity contribution in [3.63, 3.8) is 0 Å². The van der Waals surface area contributed by atoms with Crippen LogP contribution in [0.3, 0.4) is 0 Å². The zero-order valence-electron chi connectivity index (χ0n) is 14.6. The van der Waals surface area contributed by atoms with Gasteiger partial charge in [0.05, 0.1) is 12.3 Å². The number of rotatable bonds is 4. The van der Waals surface area contributed by atoms with Gasteiger partial charge in [0.15, 0.2) is 0 Å². The number of ether oxygens (including phenoxy) is 1. The van der Waals surface area contributed by atoms with Gasteiger partial charge in [-0.05, 0) is 44.2 Å². The molecular formula is C19H26FN3O2. The molecule has 6 heteroatoms. The van der Waals surface area contributed by atoms with Crippen molar-refractivity contribution in [3.8, 4) is 0 Å². The van der Waals surface area contributed by atoms with Crippen molar-refractivity contribution in [2.75, 3.05) is 37.7 Å². The first-order chi connectivity index (χ1) is 12.2. The Bertz CT molecular complexity index is 583. The second-order valence-electron chi connectivity index (χ2n) is 6.62. The smallest absolute Gasteiger partial charge is 0.248 e. The van der Waals surface area contributed by atoms with Gasteiger partial charge in [0.2, 0.25) is 5.91 Å². The third-order valence-corrected chi connectivity index (χ3v) is 4.83. The Hall–Kier alpha value is -1.95. The van der Waals surface area contributed by atoms with E-state index in [9.17, 15) is 9.18 Å². The van der Waals surface area contributed by atoms with E-state index < -0.39 is 0 Å². The van der Waals surface area contributed by atoms with Crippen LogP contribution in [0.4, 0.5) is 10.2 Å². The van der Waals surface area contributed by atoms with Crippen molar-refractivity contribution < 1.29 is 13.9 Å². The number of hydrogen-bond acceptors (Lipinski definition) is 4. The largest absolute Gasteiger partial charge is 0.368 e. The van der Waals surface area contributed by atoms with Crippen LogP contribution in [0.1, 0.15) is 32.1 Å². The Morgan fingerprint density at radius 1 is 1.16 bits per heavy atom. The van der Waals surface area contributed by atoms with Gasteiger partial charge in [0.25, 0.3) is 0 Å². The average Bonchev–Trinajstić information content (AvgIpc) is 2.61. The van der Waals surface area contributed by atoms with Crippen molar-refractivity contribution in [2.45, 2.75) is 38.2 Å². The molecular weight excluding hydrogens is 321 g/mol.